The molecule has 0 aliphatic carbocycles. The van der Waals surface area contributed by atoms with Crippen molar-refractivity contribution in [1.82, 2.24) is 5.32 Å². The second-order valence-electron chi connectivity index (χ2n) is 6.16. The number of carbonyl (C=O) groups is 1. The molecule has 1 amide bonds. The van der Waals surface area contributed by atoms with Crippen LogP contribution in [0.5, 0.6) is 0 Å². The number of rotatable bonds is 5. The molecule has 0 unspecified atom stereocenters. The molecule has 0 atom stereocenters. The Kier molecular flexibility index (Phi) is 5.67. The lowest BCUT2D eigenvalue weighted by Crippen LogP contribution is -2.26. The Morgan fingerprint density at radius 2 is 1.55 bits per heavy atom. The first-order valence-corrected chi connectivity index (χ1v) is 8.52. The van der Waals surface area contributed by atoms with Crippen LogP contribution in [0.15, 0.2) is 54.6 Å². The van der Waals surface area contributed by atoms with Gasteiger partial charge >= 0.3 is 0 Å². The Balaban J connectivity index is 1.89. The van der Waals surface area contributed by atoms with Crippen LogP contribution < -0.4 is 5.32 Å². The Bertz CT molecular complexity index is 600. The Labute approximate surface area is 137 Å². The molecule has 0 fully saturated rings. The summed E-state index contributed by atoms with van der Waals surface area (Å²) in [6.07, 6.45) is 0. The molecule has 1 N–H and O–H groups in total. The van der Waals surface area contributed by atoms with E-state index >= 15 is 0 Å². The zero-order chi connectivity index (χ0) is 16.0. The second kappa shape index (κ2) is 7.50. The van der Waals surface area contributed by atoms with Crippen LogP contribution in [0.4, 0.5) is 0 Å². The summed E-state index contributed by atoms with van der Waals surface area (Å²) in [7, 11) is 0. The Morgan fingerprint density at radius 1 is 0.955 bits per heavy atom. The van der Waals surface area contributed by atoms with Crippen molar-refractivity contribution in [3.63, 3.8) is 0 Å². The van der Waals surface area contributed by atoms with Gasteiger partial charge in [0.2, 0.25) is 0 Å². The van der Waals surface area contributed by atoms with Gasteiger partial charge in [0, 0.05) is 22.6 Å². The number of carbonyl (C=O) groups excluding carboxylic acids is 1. The molecule has 0 saturated carbocycles. The minimum Gasteiger partial charge on any atom is -0.351 e. The lowest BCUT2D eigenvalue weighted by molar-refractivity contribution is 0.0956. The van der Waals surface area contributed by atoms with E-state index in [1.165, 1.54) is 0 Å². The van der Waals surface area contributed by atoms with Crippen molar-refractivity contribution in [1.29, 1.82) is 0 Å². The molecule has 2 aromatic rings. The molecule has 0 heterocycles. The maximum Gasteiger partial charge on any atom is 0.251 e. The van der Waals surface area contributed by atoms with Gasteiger partial charge in [0.25, 0.3) is 5.91 Å². The van der Waals surface area contributed by atoms with Crippen LogP contribution in [0, 0.1) is 0 Å². The number of hydrogen-bond donors (Lipinski definition) is 1. The number of benzene rings is 2. The van der Waals surface area contributed by atoms with Crippen molar-refractivity contribution in [2.75, 3.05) is 12.3 Å². The van der Waals surface area contributed by atoms with Gasteiger partial charge in [-0.2, -0.15) is 11.8 Å². The van der Waals surface area contributed by atoms with Gasteiger partial charge in [-0.25, -0.2) is 0 Å². The van der Waals surface area contributed by atoms with Crippen molar-refractivity contribution in [3.05, 3.63) is 60.2 Å². The SMILES string of the molecule is CC(C)(C)SCCNC(=O)c1ccc(-c2ccccc2)cc1. The van der Waals surface area contributed by atoms with Crippen molar-refractivity contribution >= 4 is 17.7 Å². The van der Waals surface area contributed by atoms with Gasteiger partial charge in [0.05, 0.1) is 0 Å². The van der Waals surface area contributed by atoms with Gasteiger partial charge in [0.1, 0.15) is 0 Å². The van der Waals surface area contributed by atoms with Crippen LogP contribution in [0.2, 0.25) is 0 Å². The van der Waals surface area contributed by atoms with Crippen LogP contribution in [-0.2, 0) is 0 Å². The van der Waals surface area contributed by atoms with E-state index < -0.39 is 0 Å². The van der Waals surface area contributed by atoms with E-state index in [-0.39, 0.29) is 10.7 Å². The second-order valence-corrected chi connectivity index (χ2v) is 8.08. The third-order valence-corrected chi connectivity index (χ3v) is 4.45. The molecule has 22 heavy (non-hydrogen) atoms. The van der Waals surface area contributed by atoms with E-state index in [9.17, 15) is 4.79 Å². The van der Waals surface area contributed by atoms with Crippen LogP contribution in [0.3, 0.4) is 0 Å². The van der Waals surface area contributed by atoms with Crippen molar-refractivity contribution < 1.29 is 4.79 Å². The molecular weight excluding hydrogens is 290 g/mol. The molecule has 2 aromatic carbocycles. The molecule has 0 bridgehead atoms. The Morgan fingerprint density at radius 3 is 2.14 bits per heavy atom. The summed E-state index contributed by atoms with van der Waals surface area (Å²) in [5.41, 5.74) is 3.00. The highest BCUT2D eigenvalue weighted by Gasteiger charge is 2.10. The first-order valence-electron chi connectivity index (χ1n) is 7.53. The summed E-state index contributed by atoms with van der Waals surface area (Å²) in [6.45, 7) is 7.24. The first-order chi connectivity index (χ1) is 10.5. The van der Waals surface area contributed by atoms with E-state index in [4.69, 9.17) is 0 Å². The number of thioether (sulfide) groups is 1. The number of hydrogen-bond acceptors (Lipinski definition) is 2. The maximum absolute atomic E-state index is 12.1. The predicted molar refractivity (Wildman–Crippen MR) is 96.4 cm³/mol. The molecular formula is C19H23NOS. The van der Waals surface area contributed by atoms with Crippen molar-refractivity contribution in [3.8, 4) is 11.1 Å². The number of nitrogens with one attached hydrogen (secondary N) is 1. The molecule has 2 rings (SSSR count). The van der Waals surface area contributed by atoms with E-state index in [2.05, 4.69) is 38.2 Å². The molecule has 0 spiro atoms. The van der Waals surface area contributed by atoms with E-state index in [0.717, 1.165) is 16.9 Å². The summed E-state index contributed by atoms with van der Waals surface area (Å²) in [5.74, 6) is 0.922. The fourth-order valence-electron chi connectivity index (χ4n) is 2.07. The largest absolute Gasteiger partial charge is 0.351 e. The molecule has 0 saturated heterocycles. The standard InChI is InChI=1S/C19H23NOS/c1-19(2,3)22-14-13-20-18(21)17-11-9-16(10-12-17)15-7-5-4-6-8-15/h4-12H,13-14H2,1-3H3,(H,20,21). The fraction of sp³-hybridized carbons (Fsp3) is 0.316. The lowest BCUT2D eigenvalue weighted by Gasteiger charge is -2.17. The van der Waals surface area contributed by atoms with Gasteiger partial charge in [0.15, 0.2) is 0 Å². The van der Waals surface area contributed by atoms with Crippen LogP contribution in [0.1, 0.15) is 31.1 Å². The molecule has 3 heteroatoms. The predicted octanol–water partition coefficient (Wildman–Crippen LogP) is 4.62. The maximum atomic E-state index is 12.1. The monoisotopic (exact) mass is 313 g/mol. The zero-order valence-corrected chi connectivity index (χ0v) is 14.2. The lowest BCUT2D eigenvalue weighted by atomic mass is 10.0. The summed E-state index contributed by atoms with van der Waals surface area (Å²) in [6, 6.07) is 17.9. The van der Waals surface area contributed by atoms with Gasteiger partial charge in [-0.3, -0.25) is 4.79 Å². The molecule has 0 aliphatic rings. The summed E-state index contributed by atoms with van der Waals surface area (Å²) >= 11 is 1.86. The first kappa shape index (κ1) is 16.6. The number of amides is 1. The van der Waals surface area contributed by atoms with Crippen LogP contribution >= 0.6 is 11.8 Å². The zero-order valence-electron chi connectivity index (χ0n) is 13.4. The van der Waals surface area contributed by atoms with Crippen molar-refractivity contribution in [2.45, 2.75) is 25.5 Å². The molecule has 2 nitrogen and oxygen atoms in total. The van der Waals surface area contributed by atoms with E-state index in [0.29, 0.717) is 12.1 Å². The summed E-state index contributed by atoms with van der Waals surface area (Å²) in [5, 5.41) is 2.97. The van der Waals surface area contributed by atoms with E-state index in [1.807, 2.05) is 54.2 Å². The minimum absolute atomic E-state index is 0.00544. The normalized spacial score (nSPS) is 11.2. The highest BCUT2D eigenvalue weighted by atomic mass is 32.2. The van der Waals surface area contributed by atoms with Crippen LogP contribution in [0.25, 0.3) is 11.1 Å². The van der Waals surface area contributed by atoms with Crippen molar-refractivity contribution in [2.24, 2.45) is 0 Å². The van der Waals surface area contributed by atoms with Gasteiger partial charge < -0.3 is 5.32 Å². The third kappa shape index (κ3) is 5.23. The third-order valence-electron chi connectivity index (χ3n) is 3.18. The van der Waals surface area contributed by atoms with Gasteiger partial charge in [-0.1, -0.05) is 63.2 Å². The minimum atomic E-state index is -0.00544. The summed E-state index contributed by atoms with van der Waals surface area (Å²) < 4.78 is 0.238. The Hall–Kier alpha value is -1.74. The summed E-state index contributed by atoms with van der Waals surface area (Å²) in [4.78, 5) is 12.1. The topological polar surface area (TPSA) is 29.1 Å². The average Bonchev–Trinajstić information content (AvgIpc) is 2.51. The highest BCUT2D eigenvalue weighted by molar-refractivity contribution is 8.00. The highest BCUT2D eigenvalue weighted by Crippen LogP contribution is 2.22. The quantitative estimate of drug-likeness (QED) is 0.816. The van der Waals surface area contributed by atoms with Crippen LogP contribution in [-0.4, -0.2) is 23.0 Å². The van der Waals surface area contributed by atoms with E-state index in [1.54, 1.807) is 0 Å². The molecule has 0 radical (unpaired) electrons. The molecule has 116 valence electrons. The van der Waals surface area contributed by atoms with Gasteiger partial charge in [-0.15, -0.1) is 0 Å². The molecule has 0 aromatic heterocycles. The fourth-order valence-corrected chi connectivity index (χ4v) is 2.88. The smallest absolute Gasteiger partial charge is 0.251 e. The average molecular weight is 313 g/mol. The molecule has 0 aliphatic heterocycles. The van der Waals surface area contributed by atoms with Gasteiger partial charge in [-0.05, 0) is 23.3 Å².